The Morgan fingerprint density at radius 3 is 2.50 bits per heavy atom. The first kappa shape index (κ1) is 11.8. The molecule has 0 amide bonds. The lowest BCUT2D eigenvalue weighted by Gasteiger charge is -2.01. The van der Waals surface area contributed by atoms with Crippen molar-refractivity contribution in [1.29, 1.82) is 0 Å². The summed E-state index contributed by atoms with van der Waals surface area (Å²) < 4.78 is 21.9. The van der Waals surface area contributed by atoms with Crippen LogP contribution in [0.3, 0.4) is 0 Å². The lowest BCUT2D eigenvalue weighted by molar-refractivity contribution is 0.582. The zero-order valence-corrected chi connectivity index (χ0v) is 9.53. The second kappa shape index (κ2) is 4.06. The fourth-order valence-corrected chi connectivity index (χ4v) is 1.71. The van der Waals surface area contributed by atoms with Crippen LogP contribution in [-0.4, -0.2) is 18.2 Å². The summed E-state index contributed by atoms with van der Waals surface area (Å²) >= 11 is 10.9. The molecule has 5 nitrogen and oxygen atoms in total. The molecular formula is C5H3Cl3N2O3S. The van der Waals surface area contributed by atoms with Crippen molar-refractivity contribution in [2.24, 2.45) is 0 Å². The van der Waals surface area contributed by atoms with E-state index in [9.17, 15) is 13.2 Å². The van der Waals surface area contributed by atoms with Gasteiger partial charge in [0, 0.05) is 10.7 Å². The van der Waals surface area contributed by atoms with Crippen LogP contribution in [0, 0.1) is 0 Å². The van der Waals surface area contributed by atoms with Crippen molar-refractivity contribution in [2.75, 3.05) is 0 Å². The van der Waals surface area contributed by atoms with E-state index in [4.69, 9.17) is 33.9 Å². The quantitative estimate of drug-likeness (QED) is 0.759. The van der Waals surface area contributed by atoms with Crippen molar-refractivity contribution in [3.8, 4) is 0 Å². The molecule has 0 aliphatic carbocycles. The van der Waals surface area contributed by atoms with Crippen LogP contribution in [0.4, 0.5) is 0 Å². The molecule has 0 unspecified atom stereocenters. The van der Waals surface area contributed by atoms with Crippen molar-refractivity contribution >= 4 is 42.9 Å². The van der Waals surface area contributed by atoms with E-state index in [2.05, 4.69) is 5.10 Å². The van der Waals surface area contributed by atoms with Crippen molar-refractivity contribution in [1.82, 2.24) is 9.78 Å². The van der Waals surface area contributed by atoms with E-state index in [-0.39, 0.29) is 10.0 Å². The molecule has 0 aromatic carbocycles. The fraction of sp³-hybridized carbons (Fsp3) is 0.200. The van der Waals surface area contributed by atoms with E-state index >= 15 is 0 Å². The molecule has 0 N–H and O–H groups in total. The number of aromatic nitrogens is 2. The monoisotopic (exact) mass is 276 g/mol. The van der Waals surface area contributed by atoms with Crippen molar-refractivity contribution in [2.45, 2.75) is 5.88 Å². The van der Waals surface area contributed by atoms with Gasteiger partial charge in [0.25, 0.3) is 14.6 Å². The predicted molar refractivity (Wildman–Crippen MR) is 53.3 cm³/mol. The molecule has 9 heteroatoms. The van der Waals surface area contributed by atoms with Gasteiger partial charge in [0.15, 0.2) is 5.88 Å². The van der Waals surface area contributed by atoms with Gasteiger partial charge in [0.05, 0.1) is 11.2 Å². The topological polar surface area (TPSA) is 69.0 Å². The van der Waals surface area contributed by atoms with Crippen molar-refractivity contribution < 1.29 is 8.42 Å². The second-order valence-electron chi connectivity index (χ2n) is 2.28. The van der Waals surface area contributed by atoms with E-state index in [0.717, 1.165) is 6.20 Å². The summed E-state index contributed by atoms with van der Waals surface area (Å²) in [6, 6.07) is 0. The second-order valence-corrected chi connectivity index (χ2v) is 5.81. The highest BCUT2D eigenvalue weighted by Gasteiger charge is 2.12. The standard InChI is InChI=1S/C5H3Cl3N2O3S/c6-3-1-9-10(2-14(8,12)13)5(11)4(3)7/h1H,2H2. The molecule has 1 aromatic heterocycles. The molecule has 78 valence electrons. The SMILES string of the molecule is O=c1c(Cl)c(Cl)cnn1CS(=O)(=O)Cl. The van der Waals surface area contributed by atoms with Gasteiger partial charge in [-0.25, -0.2) is 13.1 Å². The van der Waals surface area contributed by atoms with Crippen LogP contribution in [0.2, 0.25) is 10.0 Å². The van der Waals surface area contributed by atoms with Gasteiger partial charge in [-0.3, -0.25) is 4.79 Å². The minimum absolute atomic E-state index is 0.0418. The maximum atomic E-state index is 11.2. The molecule has 0 atom stereocenters. The number of nitrogens with zero attached hydrogens (tertiary/aromatic N) is 2. The van der Waals surface area contributed by atoms with Gasteiger partial charge in [0.1, 0.15) is 5.02 Å². The maximum Gasteiger partial charge on any atom is 0.288 e. The average Bonchev–Trinajstić information content (AvgIpc) is 2.04. The third-order valence-corrected chi connectivity index (χ3v) is 2.81. The van der Waals surface area contributed by atoms with Gasteiger partial charge < -0.3 is 0 Å². The summed E-state index contributed by atoms with van der Waals surface area (Å²) in [4.78, 5) is 11.2. The van der Waals surface area contributed by atoms with Crippen LogP contribution < -0.4 is 5.56 Å². The van der Waals surface area contributed by atoms with Gasteiger partial charge >= 0.3 is 0 Å². The van der Waals surface area contributed by atoms with Gasteiger partial charge in [-0.05, 0) is 0 Å². The molecule has 0 spiro atoms. The number of hydrogen-bond acceptors (Lipinski definition) is 4. The highest BCUT2D eigenvalue weighted by Crippen LogP contribution is 2.14. The first-order valence-corrected chi connectivity index (χ1v) is 6.38. The Hall–Kier alpha value is -0.300. The zero-order chi connectivity index (χ0) is 10.9. The van der Waals surface area contributed by atoms with Crippen LogP contribution in [0.25, 0.3) is 0 Å². The summed E-state index contributed by atoms with van der Waals surface area (Å²) in [5.74, 6) is -0.746. The van der Waals surface area contributed by atoms with Gasteiger partial charge in [0.2, 0.25) is 0 Å². The fourth-order valence-electron chi connectivity index (χ4n) is 0.683. The van der Waals surface area contributed by atoms with E-state index in [1.165, 1.54) is 0 Å². The van der Waals surface area contributed by atoms with Crippen LogP contribution in [0.15, 0.2) is 11.0 Å². The molecule has 1 rings (SSSR count). The van der Waals surface area contributed by atoms with Crippen LogP contribution >= 0.6 is 33.9 Å². The molecule has 1 heterocycles. The Morgan fingerprint density at radius 1 is 1.43 bits per heavy atom. The van der Waals surface area contributed by atoms with E-state index in [1.807, 2.05) is 0 Å². The highest BCUT2D eigenvalue weighted by molar-refractivity contribution is 8.12. The molecule has 0 bridgehead atoms. The smallest absolute Gasteiger partial charge is 0.266 e. The molecule has 14 heavy (non-hydrogen) atoms. The number of halogens is 3. The third-order valence-electron chi connectivity index (χ3n) is 1.22. The largest absolute Gasteiger partial charge is 0.288 e. The van der Waals surface area contributed by atoms with E-state index < -0.39 is 20.5 Å². The summed E-state index contributed by atoms with van der Waals surface area (Å²) in [7, 11) is 1.07. The molecule has 0 saturated heterocycles. The van der Waals surface area contributed by atoms with Crippen LogP contribution in [0.1, 0.15) is 0 Å². The minimum atomic E-state index is -3.86. The van der Waals surface area contributed by atoms with Crippen molar-refractivity contribution in [3.63, 3.8) is 0 Å². The summed E-state index contributed by atoms with van der Waals surface area (Å²) in [5, 5.41) is 3.12. The first-order chi connectivity index (χ1) is 6.31. The number of rotatable bonds is 2. The third kappa shape index (κ3) is 2.84. The number of hydrogen-bond donors (Lipinski definition) is 0. The van der Waals surface area contributed by atoms with E-state index in [1.54, 1.807) is 0 Å². The van der Waals surface area contributed by atoms with Gasteiger partial charge in [-0.2, -0.15) is 5.10 Å². The minimum Gasteiger partial charge on any atom is -0.266 e. The van der Waals surface area contributed by atoms with Crippen LogP contribution in [0.5, 0.6) is 0 Å². The Morgan fingerprint density at radius 2 is 2.00 bits per heavy atom. The maximum absolute atomic E-state index is 11.2. The Kier molecular flexibility index (Phi) is 3.41. The van der Waals surface area contributed by atoms with Crippen LogP contribution in [-0.2, 0) is 14.9 Å². The Bertz CT molecular complexity index is 509. The lowest BCUT2D eigenvalue weighted by Crippen LogP contribution is -2.25. The van der Waals surface area contributed by atoms with Gasteiger partial charge in [-0.15, -0.1) is 0 Å². The van der Waals surface area contributed by atoms with E-state index in [0.29, 0.717) is 4.68 Å². The molecule has 0 radical (unpaired) electrons. The summed E-state index contributed by atoms with van der Waals surface area (Å²) in [6.07, 6.45) is 1.06. The molecule has 0 aliphatic heterocycles. The van der Waals surface area contributed by atoms with Crippen molar-refractivity contribution in [3.05, 3.63) is 26.6 Å². The lowest BCUT2D eigenvalue weighted by atomic mass is 10.6. The Balaban J connectivity index is 3.27. The molecule has 0 saturated carbocycles. The summed E-state index contributed by atoms with van der Waals surface area (Å²) in [6.45, 7) is 0. The van der Waals surface area contributed by atoms with Gasteiger partial charge in [-0.1, -0.05) is 23.2 Å². The molecule has 1 aromatic rings. The summed E-state index contributed by atoms with van der Waals surface area (Å²) in [5.41, 5.74) is -0.802. The average molecular weight is 278 g/mol. The normalized spacial score (nSPS) is 11.6. The predicted octanol–water partition coefficient (Wildman–Crippen LogP) is 1.08. The molecular weight excluding hydrogens is 274 g/mol. The first-order valence-electron chi connectivity index (χ1n) is 3.15. The zero-order valence-electron chi connectivity index (χ0n) is 6.45. The highest BCUT2D eigenvalue weighted by atomic mass is 35.7. The Labute approximate surface area is 93.6 Å². The molecule has 0 aliphatic rings. The molecule has 0 fully saturated rings.